The Morgan fingerprint density at radius 2 is 1.88 bits per heavy atom. The predicted octanol–water partition coefficient (Wildman–Crippen LogP) is 3.22. The number of carboxylic acid groups (broad SMARTS) is 1. The van der Waals surface area contributed by atoms with Crippen LogP contribution in [0.5, 0.6) is 11.5 Å². The smallest absolute Gasteiger partial charge is 0.416 e. The van der Waals surface area contributed by atoms with Crippen LogP contribution in [0.15, 0.2) is 41.2 Å². The quantitative estimate of drug-likeness (QED) is 0.501. The van der Waals surface area contributed by atoms with Gasteiger partial charge in [0, 0.05) is 5.39 Å². The van der Waals surface area contributed by atoms with Gasteiger partial charge < -0.3 is 24.8 Å². The van der Waals surface area contributed by atoms with Gasteiger partial charge in [0.15, 0.2) is 5.75 Å². The number of pyridine rings is 1. The van der Waals surface area contributed by atoms with E-state index in [9.17, 15) is 32.7 Å². The van der Waals surface area contributed by atoms with Gasteiger partial charge in [-0.15, -0.1) is 0 Å². The zero-order chi connectivity index (χ0) is 24.8. The number of aromatic hydroxyl groups is 1. The molecule has 3 aromatic rings. The van der Waals surface area contributed by atoms with E-state index < -0.39 is 53.1 Å². The molecule has 0 fully saturated rings. The number of nitrogens with one attached hydrogen (secondary N) is 1. The van der Waals surface area contributed by atoms with E-state index in [4.69, 9.17) is 16.4 Å². The summed E-state index contributed by atoms with van der Waals surface area (Å²) >= 11 is 0. The van der Waals surface area contributed by atoms with Crippen molar-refractivity contribution in [1.29, 1.82) is 0 Å². The minimum absolute atomic E-state index is 0.00773. The lowest BCUT2D eigenvalue weighted by Gasteiger charge is -2.30. The normalized spacial score (nSPS) is 14.8. The maximum atomic E-state index is 13.2. The van der Waals surface area contributed by atoms with Gasteiger partial charge in [0.05, 0.1) is 24.2 Å². The van der Waals surface area contributed by atoms with Gasteiger partial charge in [-0.25, -0.2) is 4.85 Å². The summed E-state index contributed by atoms with van der Waals surface area (Å²) in [6.45, 7) is 6.35. The number of aromatic nitrogens is 1. The highest BCUT2D eigenvalue weighted by molar-refractivity contribution is 6.05. The van der Waals surface area contributed by atoms with Crippen LogP contribution < -0.4 is 15.6 Å². The molecule has 0 saturated heterocycles. The molecule has 1 atom stereocenters. The molecule has 34 heavy (non-hydrogen) atoms. The zero-order valence-corrected chi connectivity index (χ0v) is 17.0. The van der Waals surface area contributed by atoms with Gasteiger partial charge in [-0.1, -0.05) is 24.3 Å². The molecule has 9 nitrogen and oxygen atoms in total. The lowest BCUT2D eigenvalue weighted by molar-refractivity contribution is -0.138. The van der Waals surface area contributed by atoms with E-state index in [1.807, 2.05) is 5.32 Å². The number of hydrogen-bond acceptors (Lipinski definition) is 5. The second-order valence-corrected chi connectivity index (χ2v) is 7.36. The third kappa shape index (κ3) is 3.77. The molecule has 0 bridgehead atoms. The number of carbonyl (C=O) groups is 2. The van der Waals surface area contributed by atoms with Gasteiger partial charge in [-0.05, 0) is 17.7 Å². The number of nitrogens with zero attached hydrogens (tertiary/aromatic N) is 2. The minimum atomic E-state index is -4.55. The van der Waals surface area contributed by atoms with Crippen molar-refractivity contribution in [2.75, 3.05) is 6.54 Å². The van der Waals surface area contributed by atoms with E-state index in [0.29, 0.717) is 0 Å². The Labute approximate surface area is 188 Å². The van der Waals surface area contributed by atoms with Crippen LogP contribution in [0.25, 0.3) is 15.7 Å². The van der Waals surface area contributed by atoms with Gasteiger partial charge >= 0.3 is 12.1 Å². The van der Waals surface area contributed by atoms with E-state index in [2.05, 4.69) is 4.85 Å². The molecule has 0 spiro atoms. The summed E-state index contributed by atoms with van der Waals surface area (Å²) in [7, 11) is 0. The van der Waals surface area contributed by atoms with Crippen molar-refractivity contribution in [3.05, 3.63) is 74.9 Å². The molecular weight excluding hydrogens is 459 g/mol. The van der Waals surface area contributed by atoms with Crippen molar-refractivity contribution in [3.63, 3.8) is 0 Å². The Balaban J connectivity index is 1.87. The summed E-state index contributed by atoms with van der Waals surface area (Å²) in [4.78, 5) is 39.8. The molecule has 1 aliphatic rings. The fraction of sp³-hybridized carbons (Fsp3) is 0.182. The van der Waals surface area contributed by atoms with Crippen LogP contribution in [0.3, 0.4) is 0 Å². The Kier molecular flexibility index (Phi) is 5.40. The number of rotatable bonds is 4. The number of hydrogen-bond donors (Lipinski definition) is 3. The summed E-state index contributed by atoms with van der Waals surface area (Å²) < 4.78 is 45.7. The molecule has 3 N–H and O–H groups in total. The molecule has 2 aromatic carbocycles. The van der Waals surface area contributed by atoms with Crippen LogP contribution >= 0.6 is 0 Å². The molecule has 2 heterocycles. The molecule has 0 radical (unpaired) electrons. The second-order valence-electron chi connectivity index (χ2n) is 7.36. The average Bonchev–Trinajstić information content (AvgIpc) is 2.80. The van der Waals surface area contributed by atoms with Gasteiger partial charge in [0.25, 0.3) is 11.5 Å². The van der Waals surface area contributed by atoms with E-state index in [0.717, 1.165) is 16.7 Å². The molecule has 1 aliphatic heterocycles. The maximum absolute atomic E-state index is 13.2. The van der Waals surface area contributed by atoms with E-state index >= 15 is 0 Å². The third-order valence-electron chi connectivity index (χ3n) is 5.30. The van der Waals surface area contributed by atoms with Crippen molar-refractivity contribution < 1.29 is 37.7 Å². The van der Waals surface area contributed by atoms with Crippen molar-refractivity contribution in [2.45, 2.75) is 18.8 Å². The predicted molar refractivity (Wildman–Crippen MR) is 111 cm³/mol. The first kappa shape index (κ1) is 22.7. The molecular formula is C22H14F3N3O6. The summed E-state index contributed by atoms with van der Waals surface area (Å²) in [6.07, 6.45) is -5.54. The van der Waals surface area contributed by atoms with Crippen molar-refractivity contribution in [2.24, 2.45) is 0 Å². The number of amides is 1. The number of ether oxygens (including phenoxy) is 1. The topological polar surface area (TPSA) is 122 Å². The first-order valence-electron chi connectivity index (χ1n) is 9.66. The lowest BCUT2D eigenvalue weighted by Crippen LogP contribution is -2.38. The number of carboxylic acids is 1. The van der Waals surface area contributed by atoms with Crippen LogP contribution in [0.2, 0.25) is 0 Å². The van der Waals surface area contributed by atoms with Gasteiger partial charge in [-0.3, -0.25) is 14.4 Å². The zero-order valence-electron chi connectivity index (χ0n) is 17.0. The highest BCUT2D eigenvalue weighted by Gasteiger charge is 2.33. The Bertz CT molecular complexity index is 1440. The van der Waals surface area contributed by atoms with E-state index in [-0.39, 0.29) is 34.4 Å². The number of benzene rings is 2. The largest absolute Gasteiger partial charge is 0.506 e. The van der Waals surface area contributed by atoms with Crippen LogP contribution in [0, 0.1) is 6.57 Å². The highest BCUT2D eigenvalue weighted by Crippen LogP contribution is 2.44. The standard InChI is InChI=1S/C22H14F3N3O6/c1-26-13-7-6-12-17-19(13)34-14(10-2-4-11(5-3-10)22(23,24)25)9-28(17)21(33)16(18(12)31)20(32)27-8-15(29)30/h2-7,14,31H,8-9H2,(H,27,32)(H,29,30). The Morgan fingerprint density at radius 1 is 1.21 bits per heavy atom. The molecule has 1 unspecified atom stereocenters. The molecule has 12 heteroatoms. The average molecular weight is 473 g/mol. The Morgan fingerprint density at radius 3 is 2.47 bits per heavy atom. The van der Waals surface area contributed by atoms with Crippen molar-refractivity contribution in [3.8, 4) is 11.5 Å². The number of halogens is 3. The van der Waals surface area contributed by atoms with Gasteiger partial charge in [0.1, 0.15) is 24.0 Å². The first-order valence-corrected chi connectivity index (χ1v) is 9.66. The lowest BCUT2D eigenvalue weighted by atomic mass is 10.0. The van der Waals surface area contributed by atoms with Crippen LogP contribution in [0.1, 0.15) is 27.6 Å². The highest BCUT2D eigenvalue weighted by atomic mass is 19.4. The first-order chi connectivity index (χ1) is 16.0. The molecule has 0 aliphatic carbocycles. The monoisotopic (exact) mass is 473 g/mol. The second kappa shape index (κ2) is 8.11. The van der Waals surface area contributed by atoms with Crippen molar-refractivity contribution in [1.82, 2.24) is 9.88 Å². The fourth-order valence-corrected chi connectivity index (χ4v) is 3.72. The summed E-state index contributed by atoms with van der Waals surface area (Å²) in [6, 6.07) is 6.69. The van der Waals surface area contributed by atoms with E-state index in [1.54, 1.807) is 0 Å². The maximum Gasteiger partial charge on any atom is 0.416 e. The Hall–Kier alpha value is -4.53. The molecule has 4 rings (SSSR count). The summed E-state index contributed by atoms with van der Waals surface area (Å²) in [5.41, 5.74) is -2.26. The minimum Gasteiger partial charge on any atom is -0.506 e. The molecule has 0 saturated carbocycles. The van der Waals surface area contributed by atoms with Crippen LogP contribution in [-0.4, -0.2) is 33.2 Å². The van der Waals surface area contributed by atoms with Crippen LogP contribution in [0.4, 0.5) is 18.9 Å². The van der Waals surface area contributed by atoms with Gasteiger partial charge in [-0.2, -0.15) is 13.2 Å². The molecule has 1 aromatic heterocycles. The number of alkyl halides is 3. The number of carbonyl (C=O) groups excluding carboxylic acids is 1. The fourth-order valence-electron chi connectivity index (χ4n) is 3.72. The molecule has 1 amide bonds. The van der Waals surface area contributed by atoms with Crippen LogP contribution in [-0.2, 0) is 17.5 Å². The summed E-state index contributed by atoms with van der Waals surface area (Å²) in [5.74, 6) is -3.28. The number of aliphatic carboxylic acids is 1. The third-order valence-corrected chi connectivity index (χ3v) is 5.30. The molecule has 174 valence electrons. The van der Waals surface area contributed by atoms with E-state index in [1.165, 1.54) is 24.3 Å². The van der Waals surface area contributed by atoms with Crippen molar-refractivity contribution >= 4 is 28.5 Å². The SMILES string of the molecule is [C-]#[N+]c1ccc2c(O)c(C(=O)NCC(=O)O)c(=O)n3c2c1OC(c1ccc(C(F)(F)F)cc1)C3. The van der Waals surface area contributed by atoms with Gasteiger partial charge in [0.2, 0.25) is 5.69 Å². The summed E-state index contributed by atoms with van der Waals surface area (Å²) in [5, 5.41) is 21.4.